The zero-order valence-electron chi connectivity index (χ0n) is 20.3. The first kappa shape index (κ1) is 23.1. The van der Waals surface area contributed by atoms with E-state index in [4.69, 9.17) is 5.73 Å². The highest BCUT2D eigenvalue weighted by Crippen LogP contribution is 2.42. The lowest BCUT2D eigenvalue weighted by Gasteiger charge is -2.27. The molecule has 0 saturated heterocycles. The van der Waals surface area contributed by atoms with Gasteiger partial charge in [-0.3, -0.25) is 14.5 Å². The van der Waals surface area contributed by atoms with Crippen molar-refractivity contribution in [2.24, 2.45) is 0 Å². The van der Waals surface area contributed by atoms with Gasteiger partial charge in [-0.25, -0.2) is 9.97 Å². The second-order valence-corrected chi connectivity index (χ2v) is 9.45. The summed E-state index contributed by atoms with van der Waals surface area (Å²) < 4.78 is 30.4. The Hall–Kier alpha value is -4.35. The van der Waals surface area contributed by atoms with Gasteiger partial charge in [0.1, 0.15) is 23.9 Å². The molecular formula is C25H25F2N9O. The molecule has 0 atom stereocenters. The van der Waals surface area contributed by atoms with Crippen LogP contribution in [0.1, 0.15) is 23.4 Å². The summed E-state index contributed by atoms with van der Waals surface area (Å²) in [6.07, 6.45) is 3.48. The molecule has 2 aliphatic rings. The second kappa shape index (κ2) is 8.36. The number of hydrogen-bond donors (Lipinski definition) is 3. The molecule has 0 unspecified atom stereocenters. The van der Waals surface area contributed by atoms with Crippen molar-refractivity contribution in [3.63, 3.8) is 0 Å². The molecule has 0 radical (unpaired) electrons. The number of nitrogen functional groups attached to an aromatic ring is 1. The monoisotopic (exact) mass is 505 g/mol. The maximum absolute atomic E-state index is 14.4. The first-order chi connectivity index (χ1) is 17.7. The maximum Gasteiger partial charge on any atom is 0.293 e. The summed E-state index contributed by atoms with van der Waals surface area (Å²) in [5.74, 6) is -1.55. The zero-order chi connectivity index (χ0) is 25.9. The van der Waals surface area contributed by atoms with Crippen molar-refractivity contribution < 1.29 is 13.6 Å². The first-order valence-electron chi connectivity index (χ1n) is 12.0. The Morgan fingerprint density at radius 2 is 2.00 bits per heavy atom. The van der Waals surface area contributed by atoms with Crippen LogP contribution in [0.15, 0.2) is 30.6 Å². The van der Waals surface area contributed by atoms with E-state index in [1.165, 1.54) is 6.20 Å². The van der Waals surface area contributed by atoms with E-state index in [0.717, 1.165) is 11.1 Å². The van der Waals surface area contributed by atoms with Crippen LogP contribution in [0.3, 0.4) is 0 Å². The Balaban J connectivity index is 1.34. The average Bonchev–Trinajstić information content (AvgIpc) is 3.17. The van der Waals surface area contributed by atoms with Crippen LogP contribution in [0.2, 0.25) is 0 Å². The van der Waals surface area contributed by atoms with Gasteiger partial charge in [0.2, 0.25) is 5.91 Å². The first-order valence-corrected chi connectivity index (χ1v) is 12.0. The van der Waals surface area contributed by atoms with Gasteiger partial charge < -0.3 is 21.3 Å². The molecule has 4 aromatic rings. The Bertz CT molecular complexity index is 1570. The highest BCUT2D eigenvalue weighted by molar-refractivity contribution is 5.95. The fourth-order valence-electron chi connectivity index (χ4n) is 4.84. The molecule has 0 aliphatic carbocycles. The van der Waals surface area contributed by atoms with Crippen LogP contribution in [-0.2, 0) is 23.7 Å². The van der Waals surface area contributed by atoms with Gasteiger partial charge in [-0.2, -0.15) is 13.9 Å². The summed E-state index contributed by atoms with van der Waals surface area (Å²) in [7, 11) is 1.79. The van der Waals surface area contributed by atoms with Gasteiger partial charge in [-0.15, -0.1) is 0 Å². The fraction of sp³-hybridized carbons (Fsp3) is 0.320. The summed E-state index contributed by atoms with van der Waals surface area (Å²) in [5.41, 5.74) is 9.11. The lowest BCUT2D eigenvalue weighted by Crippen LogP contribution is -2.29. The number of rotatable bonds is 3. The van der Waals surface area contributed by atoms with Crippen molar-refractivity contribution in [3.05, 3.63) is 47.5 Å². The van der Waals surface area contributed by atoms with E-state index >= 15 is 0 Å². The van der Waals surface area contributed by atoms with E-state index in [1.54, 1.807) is 29.7 Å². The number of likely N-dealkylation sites (N-methyl/N-ethyl adjacent to an activating group) is 1. The number of halogens is 2. The van der Waals surface area contributed by atoms with Crippen LogP contribution in [0.5, 0.6) is 0 Å². The number of aromatic nitrogens is 5. The summed E-state index contributed by atoms with van der Waals surface area (Å²) >= 11 is 0. The van der Waals surface area contributed by atoms with Crippen molar-refractivity contribution >= 4 is 39.8 Å². The Morgan fingerprint density at radius 1 is 1.16 bits per heavy atom. The quantitative estimate of drug-likeness (QED) is 0.387. The van der Waals surface area contributed by atoms with Crippen LogP contribution >= 0.6 is 0 Å². The van der Waals surface area contributed by atoms with E-state index in [0.29, 0.717) is 52.5 Å². The number of carbonyl (C=O) groups is 1. The largest absolute Gasteiger partial charge is 0.383 e. The number of fused-ring (bicyclic) bond motifs is 3. The van der Waals surface area contributed by atoms with E-state index < -0.39 is 5.92 Å². The minimum atomic E-state index is -2.97. The number of amides is 1. The summed E-state index contributed by atoms with van der Waals surface area (Å²) in [4.78, 5) is 26.9. The molecule has 0 fully saturated rings. The number of nitrogens with one attached hydrogen (secondary N) is 2. The molecule has 2 aliphatic heterocycles. The van der Waals surface area contributed by atoms with E-state index in [1.807, 2.05) is 18.2 Å². The van der Waals surface area contributed by atoms with Crippen molar-refractivity contribution in [2.45, 2.75) is 32.2 Å². The number of alkyl halides is 2. The molecule has 6 rings (SSSR count). The molecule has 0 bridgehead atoms. The minimum absolute atomic E-state index is 0.0126. The number of anilines is 4. The van der Waals surface area contributed by atoms with Gasteiger partial charge >= 0.3 is 0 Å². The van der Waals surface area contributed by atoms with Crippen molar-refractivity contribution in [1.29, 1.82) is 0 Å². The molecule has 12 heteroatoms. The topological polar surface area (TPSA) is 127 Å². The third-order valence-corrected chi connectivity index (χ3v) is 6.98. The Morgan fingerprint density at radius 3 is 2.84 bits per heavy atom. The summed E-state index contributed by atoms with van der Waals surface area (Å²) in [5, 5.41) is 12.2. The molecule has 4 aromatic heterocycles. The molecule has 190 valence electrons. The van der Waals surface area contributed by atoms with Crippen molar-refractivity contribution in [1.82, 2.24) is 29.6 Å². The molecule has 0 saturated carbocycles. The average molecular weight is 506 g/mol. The molecule has 0 spiro atoms. The standard InChI is InChI=1S/C25H25F2N9O/c1-13-16(10-31-23-22(13)29-5-4-25(23,26)27)18-7-14-8-19(30-11-17(14)24(28)32-18)33-20-9-15-3-6-35(2)21(37)12-36(15)34-20/h7-11,29H,3-6,12H2,1-2H3,(H2,28,32)(H,30,33,34). The molecule has 10 nitrogen and oxygen atoms in total. The van der Waals surface area contributed by atoms with E-state index in [9.17, 15) is 13.6 Å². The number of carbonyl (C=O) groups excluding carboxylic acids is 1. The highest BCUT2D eigenvalue weighted by atomic mass is 19.3. The highest BCUT2D eigenvalue weighted by Gasteiger charge is 2.39. The second-order valence-electron chi connectivity index (χ2n) is 9.45. The number of nitrogens with two attached hydrogens (primary N) is 1. The van der Waals surface area contributed by atoms with Crippen LogP contribution < -0.4 is 16.4 Å². The van der Waals surface area contributed by atoms with Crippen LogP contribution in [0.25, 0.3) is 22.0 Å². The molecule has 0 aromatic carbocycles. The fourth-order valence-corrected chi connectivity index (χ4v) is 4.84. The van der Waals surface area contributed by atoms with Crippen LogP contribution in [0, 0.1) is 6.92 Å². The Kier molecular flexibility index (Phi) is 5.21. The smallest absolute Gasteiger partial charge is 0.293 e. The third kappa shape index (κ3) is 3.98. The van der Waals surface area contributed by atoms with Crippen LogP contribution in [-0.4, -0.2) is 55.7 Å². The third-order valence-electron chi connectivity index (χ3n) is 6.98. The van der Waals surface area contributed by atoms with Gasteiger partial charge in [-0.1, -0.05) is 0 Å². The molecular weight excluding hydrogens is 480 g/mol. The van der Waals surface area contributed by atoms with E-state index in [-0.39, 0.29) is 36.9 Å². The summed E-state index contributed by atoms with van der Waals surface area (Å²) in [6, 6.07) is 5.58. The molecule has 1 amide bonds. The van der Waals surface area contributed by atoms with Crippen LogP contribution in [0.4, 0.5) is 31.9 Å². The molecule has 6 heterocycles. The molecule has 4 N–H and O–H groups in total. The van der Waals surface area contributed by atoms with Gasteiger partial charge in [0, 0.05) is 68.1 Å². The number of nitrogens with zero attached hydrogens (tertiary/aromatic N) is 6. The zero-order valence-corrected chi connectivity index (χ0v) is 20.3. The lowest BCUT2D eigenvalue weighted by atomic mass is 9.97. The predicted molar refractivity (Wildman–Crippen MR) is 136 cm³/mol. The van der Waals surface area contributed by atoms with E-state index in [2.05, 4.69) is 30.7 Å². The van der Waals surface area contributed by atoms with Gasteiger partial charge in [0.15, 0.2) is 5.82 Å². The lowest BCUT2D eigenvalue weighted by molar-refractivity contribution is -0.130. The van der Waals surface area contributed by atoms with Crippen molar-refractivity contribution in [3.8, 4) is 11.3 Å². The number of pyridine rings is 3. The van der Waals surface area contributed by atoms with Crippen molar-refractivity contribution in [2.75, 3.05) is 36.5 Å². The minimum Gasteiger partial charge on any atom is -0.383 e. The number of hydrogen-bond acceptors (Lipinski definition) is 8. The predicted octanol–water partition coefficient (Wildman–Crippen LogP) is 3.44. The SMILES string of the molecule is Cc1c(-c2cc3cc(Nc4cc5n(n4)CC(=O)N(C)CC5)ncc3c(N)n2)cnc2c1NCCC2(F)F. The normalized spacial score (nSPS) is 16.6. The van der Waals surface area contributed by atoms with Gasteiger partial charge in [-0.05, 0) is 30.0 Å². The maximum atomic E-state index is 14.4. The Labute approximate surface area is 210 Å². The molecule has 37 heavy (non-hydrogen) atoms. The summed E-state index contributed by atoms with van der Waals surface area (Å²) in [6.45, 7) is 2.77. The van der Waals surface area contributed by atoms with Gasteiger partial charge in [0.25, 0.3) is 5.92 Å². The van der Waals surface area contributed by atoms with Gasteiger partial charge in [0.05, 0.1) is 11.4 Å².